The largest absolute Gasteiger partial charge is 0.302 e. The fourth-order valence-corrected chi connectivity index (χ4v) is 5.15. The van der Waals surface area contributed by atoms with Gasteiger partial charge in [0.1, 0.15) is 0 Å². The molecule has 1 aromatic heterocycles. The van der Waals surface area contributed by atoms with Gasteiger partial charge >= 0.3 is 0 Å². The van der Waals surface area contributed by atoms with E-state index in [9.17, 15) is 14.9 Å². The predicted octanol–water partition coefficient (Wildman–Crippen LogP) is 5.79. The zero-order chi connectivity index (χ0) is 23.1. The number of carbonyl (C=O) groups is 1. The molecule has 10 heteroatoms. The molecule has 0 saturated carbocycles. The van der Waals surface area contributed by atoms with Crippen LogP contribution < -0.4 is 4.90 Å². The summed E-state index contributed by atoms with van der Waals surface area (Å²) >= 11 is 2.99. The minimum absolute atomic E-state index is 0. The summed E-state index contributed by atoms with van der Waals surface area (Å²) in [7, 11) is 0. The molecule has 0 unspecified atom stereocenters. The number of carbonyl (C=O) groups excluding carboxylic acids is 1. The maximum atomic E-state index is 13.2. The number of nitro benzene ring substituents is 1. The number of amides is 1. The zero-order valence-corrected chi connectivity index (χ0v) is 21.5. The number of thioether (sulfide) groups is 1. The van der Waals surface area contributed by atoms with Crippen molar-refractivity contribution in [1.82, 2.24) is 9.88 Å². The van der Waals surface area contributed by atoms with Crippen LogP contribution in [0.5, 0.6) is 0 Å². The lowest BCUT2D eigenvalue weighted by atomic mass is 10.2. The molecule has 0 aliphatic carbocycles. The van der Waals surface area contributed by atoms with Crippen molar-refractivity contribution < 1.29 is 9.72 Å². The molecule has 0 aliphatic rings. The first-order valence-corrected chi connectivity index (χ1v) is 12.5. The monoisotopic (exact) mass is 508 g/mol. The van der Waals surface area contributed by atoms with Gasteiger partial charge in [0, 0.05) is 42.3 Å². The standard InChI is InChI=1S/C23H28N4O3S2.ClH/c1-4-25(5-2)13-14-26(22(28)12-15-31-19-9-6-17(3)7-10-19)23-24-20-11-8-18(27(29)30)16-21(20)32-23;/h6-11,16H,4-5,12-15H2,1-3H3;1H. The molecule has 2 aromatic carbocycles. The van der Waals surface area contributed by atoms with Gasteiger partial charge in [-0.3, -0.25) is 19.8 Å². The van der Waals surface area contributed by atoms with Gasteiger partial charge in [0.2, 0.25) is 5.91 Å². The SMILES string of the molecule is CCN(CC)CCN(C(=O)CCSc1ccc(C)cc1)c1nc2ccc([N+](=O)[O-])cc2s1.Cl. The van der Waals surface area contributed by atoms with Gasteiger partial charge in [-0.2, -0.15) is 0 Å². The molecule has 0 bridgehead atoms. The van der Waals surface area contributed by atoms with Gasteiger partial charge in [-0.25, -0.2) is 4.98 Å². The minimum Gasteiger partial charge on any atom is -0.302 e. The highest BCUT2D eigenvalue weighted by Crippen LogP contribution is 2.32. The van der Waals surface area contributed by atoms with Crippen LogP contribution in [0.2, 0.25) is 0 Å². The van der Waals surface area contributed by atoms with E-state index in [1.54, 1.807) is 22.7 Å². The first-order valence-electron chi connectivity index (χ1n) is 10.7. The Kier molecular flexibility index (Phi) is 10.6. The topological polar surface area (TPSA) is 79.6 Å². The molecule has 0 fully saturated rings. The summed E-state index contributed by atoms with van der Waals surface area (Å²) in [5.74, 6) is 0.699. The molecule has 0 radical (unpaired) electrons. The smallest absolute Gasteiger partial charge is 0.270 e. The number of nitro groups is 1. The highest BCUT2D eigenvalue weighted by molar-refractivity contribution is 7.99. The Morgan fingerprint density at radius 3 is 2.45 bits per heavy atom. The van der Waals surface area contributed by atoms with Crippen LogP contribution in [0.25, 0.3) is 10.2 Å². The number of benzene rings is 2. The van der Waals surface area contributed by atoms with E-state index in [2.05, 4.69) is 54.9 Å². The first kappa shape index (κ1) is 27.0. The lowest BCUT2D eigenvalue weighted by Crippen LogP contribution is -2.39. The molecule has 0 N–H and O–H groups in total. The number of nitrogens with zero attached hydrogens (tertiary/aromatic N) is 4. The molecular weight excluding hydrogens is 480 g/mol. The number of aromatic nitrogens is 1. The van der Waals surface area contributed by atoms with Crippen LogP contribution in [0.15, 0.2) is 47.4 Å². The Hall–Kier alpha value is -2.20. The molecule has 0 aliphatic heterocycles. The van der Waals surface area contributed by atoms with Gasteiger partial charge < -0.3 is 4.90 Å². The summed E-state index contributed by atoms with van der Waals surface area (Å²) < 4.78 is 0.712. The van der Waals surface area contributed by atoms with E-state index in [-0.39, 0.29) is 24.0 Å². The van der Waals surface area contributed by atoms with E-state index in [0.717, 1.165) is 24.5 Å². The van der Waals surface area contributed by atoms with Crippen LogP contribution in [0, 0.1) is 17.0 Å². The van der Waals surface area contributed by atoms with Crippen molar-refractivity contribution in [2.24, 2.45) is 0 Å². The van der Waals surface area contributed by atoms with Gasteiger partial charge in [-0.05, 0) is 38.2 Å². The minimum atomic E-state index is -0.412. The average Bonchev–Trinajstić information content (AvgIpc) is 3.21. The highest BCUT2D eigenvalue weighted by atomic mass is 35.5. The molecule has 178 valence electrons. The Morgan fingerprint density at radius 2 is 1.82 bits per heavy atom. The van der Waals surface area contributed by atoms with Crippen LogP contribution in [0.3, 0.4) is 0 Å². The third-order valence-electron chi connectivity index (χ3n) is 5.24. The predicted molar refractivity (Wildman–Crippen MR) is 140 cm³/mol. The van der Waals surface area contributed by atoms with E-state index < -0.39 is 4.92 Å². The van der Waals surface area contributed by atoms with Gasteiger partial charge in [0.25, 0.3) is 5.69 Å². The van der Waals surface area contributed by atoms with Crippen LogP contribution in [-0.2, 0) is 4.79 Å². The van der Waals surface area contributed by atoms with Crippen LogP contribution in [0.4, 0.5) is 10.8 Å². The number of likely N-dealkylation sites (N-methyl/N-ethyl adjacent to an activating group) is 1. The maximum Gasteiger partial charge on any atom is 0.270 e. The van der Waals surface area contributed by atoms with Crippen molar-refractivity contribution in [3.8, 4) is 0 Å². The zero-order valence-electron chi connectivity index (χ0n) is 19.0. The summed E-state index contributed by atoms with van der Waals surface area (Å²) in [6.45, 7) is 9.37. The quantitative estimate of drug-likeness (QED) is 0.185. The van der Waals surface area contributed by atoms with E-state index >= 15 is 0 Å². The Bertz CT molecular complexity index is 1070. The van der Waals surface area contributed by atoms with E-state index in [1.807, 2.05) is 0 Å². The summed E-state index contributed by atoms with van der Waals surface area (Å²) in [5, 5.41) is 11.7. The number of halogens is 1. The summed E-state index contributed by atoms with van der Waals surface area (Å²) in [6, 6.07) is 12.9. The molecule has 33 heavy (non-hydrogen) atoms. The van der Waals surface area contributed by atoms with E-state index in [0.29, 0.717) is 34.1 Å². The molecule has 0 spiro atoms. The highest BCUT2D eigenvalue weighted by Gasteiger charge is 2.21. The van der Waals surface area contributed by atoms with E-state index in [1.165, 1.54) is 29.0 Å². The molecule has 1 heterocycles. The average molecular weight is 509 g/mol. The Morgan fingerprint density at radius 1 is 1.12 bits per heavy atom. The van der Waals surface area contributed by atoms with Crippen molar-refractivity contribution in [2.75, 3.05) is 36.8 Å². The van der Waals surface area contributed by atoms with Gasteiger partial charge in [-0.15, -0.1) is 24.2 Å². The summed E-state index contributed by atoms with van der Waals surface area (Å²) in [4.78, 5) is 33.6. The van der Waals surface area contributed by atoms with Crippen LogP contribution in [0.1, 0.15) is 25.8 Å². The van der Waals surface area contributed by atoms with Crippen LogP contribution in [-0.4, -0.2) is 52.6 Å². The second-order valence-corrected chi connectivity index (χ2v) is 9.57. The number of rotatable bonds is 11. The molecule has 3 rings (SSSR count). The molecule has 1 amide bonds. The molecule has 0 atom stereocenters. The number of hydrogen-bond acceptors (Lipinski definition) is 7. The number of fused-ring (bicyclic) bond motifs is 1. The lowest BCUT2D eigenvalue weighted by molar-refractivity contribution is -0.384. The molecular formula is C23H29ClN4O3S2. The number of thiazole rings is 1. The molecule has 3 aromatic rings. The lowest BCUT2D eigenvalue weighted by Gasteiger charge is -2.24. The van der Waals surface area contributed by atoms with Crippen molar-refractivity contribution in [2.45, 2.75) is 32.1 Å². The second kappa shape index (κ2) is 12.9. The van der Waals surface area contributed by atoms with Crippen molar-refractivity contribution >= 4 is 62.4 Å². The second-order valence-electron chi connectivity index (χ2n) is 7.39. The third-order valence-corrected chi connectivity index (χ3v) is 7.30. The number of aryl methyl sites for hydroxylation is 1. The molecule has 0 saturated heterocycles. The van der Waals surface area contributed by atoms with Gasteiger partial charge in [-0.1, -0.05) is 42.9 Å². The fraction of sp³-hybridized carbons (Fsp3) is 0.391. The van der Waals surface area contributed by atoms with Crippen LogP contribution >= 0.6 is 35.5 Å². The number of non-ortho nitro benzene ring substituents is 1. The number of hydrogen-bond donors (Lipinski definition) is 0. The molecule has 7 nitrogen and oxygen atoms in total. The Labute approximate surface area is 208 Å². The Balaban J connectivity index is 0.00000385. The van der Waals surface area contributed by atoms with E-state index in [4.69, 9.17) is 0 Å². The first-order chi connectivity index (χ1) is 15.4. The normalized spacial score (nSPS) is 10.9. The van der Waals surface area contributed by atoms with Gasteiger partial charge in [0.05, 0.1) is 15.1 Å². The maximum absolute atomic E-state index is 13.2. The summed E-state index contributed by atoms with van der Waals surface area (Å²) in [5.41, 5.74) is 1.91. The third kappa shape index (κ3) is 7.40. The van der Waals surface area contributed by atoms with Crippen molar-refractivity contribution in [1.29, 1.82) is 0 Å². The van der Waals surface area contributed by atoms with Gasteiger partial charge in [0.15, 0.2) is 5.13 Å². The van der Waals surface area contributed by atoms with Crippen molar-refractivity contribution in [3.63, 3.8) is 0 Å². The summed E-state index contributed by atoms with van der Waals surface area (Å²) in [6.07, 6.45) is 0.396. The number of anilines is 1. The fourth-order valence-electron chi connectivity index (χ4n) is 3.26. The van der Waals surface area contributed by atoms with Crippen molar-refractivity contribution in [3.05, 3.63) is 58.1 Å².